The fourth-order valence-corrected chi connectivity index (χ4v) is 3.37. The molecule has 0 fully saturated rings. The minimum absolute atomic E-state index is 0.0723. The van der Waals surface area contributed by atoms with Crippen molar-refractivity contribution in [3.8, 4) is 5.75 Å². The van der Waals surface area contributed by atoms with Gasteiger partial charge in [0.25, 0.3) is 0 Å². The highest BCUT2D eigenvalue weighted by atomic mass is 16.5. The summed E-state index contributed by atoms with van der Waals surface area (Å²) in [7, 11) is 0. The van der Waals surface area contributed by atoms with E-state index in [0.29, 0.717) is 41.1 Å². The van der Waals surface area contributed by atoms with Crippen LogP contribution in [-0.4, -0.2) is 59.6 Å². The minimum atomic E-state index is -0.543. The summed E-state index contributed by atoms with van der Waals surface area (Å²) in [6.07, 6.45) is 6.49. The Labute approximate surface area is 217 Å². The number of carbonyl (C=O) groups excluding carboxylic acids is 3. The number of nitrogens with two attached hydrogens (primary N) is 1. The number of nitrogens with zero attached hydrogens (tertiary/aromatic N) is 2. The third-order valence-corrected chi connectivity index (χ3v) is 5.26. The number of nitrogens with one attached hydrogen (secondary N) is 1. The number of carbonyl (C=O) groups is 3. The van der Waals surface area contributed by atoms with Crippen molar-refractivity contribution in [1.82, 2.24) is 9.80 Å². The lowest BCUT2D eigenvalue weighted by atomic mass is 10.1. The third-order valence-electron chi connectivity index (χ3n) is 5.26. The Hall–Kier alpha value is -4.72. The molecule has 2 aromatic rings. The number of hydrogen-bond acceptors (Lipinski definition) is 5. The Kier molecular flexibility index (Phi) is 10.8. The van der Waals surface area contributed by atoms with E-state index >= 15 is 0 Å². The first-order valence-electron chi connectivity index (χ1n) is 11.5. The molecule has 0 atom stereocenters. The molecular formula is C29H32N4O4. The van der Waals surface area contributed by atoms with Crippen molar-refractivity contribution in [1.29, 1.82) is 5.41 Å². The minimum Gasteiger partial charge on any atom is -0.423 e. The Balaban J connectivity index is 2.09. The van der Waals surface area contributed by atoms with Crippen LogP contribution in [0.15, 0.2) is 92.1 Å². The number of amides is 2. The number of esters is 1. The van der Waals surface area contributed by atoms with Crippen LogP contribution >= 0.6 is 0 Å². The zero-order chi connectivity index (χ0) is 27.4. The fraction of sp³-hybridized carbons (Fsp3) is 0.172. The molecule has 2 aromatic carbocycles. The van der Waals surface area contributed by atoms with Gasteiger partial charge < -0.3 is 20.3 Å². The summed E-state index contributed by atoms with van der Waals surface area (Å²) in [6, 6.07) is 12.9. The number of benzene rings is 2. The number of ether oxygens (including phenoxy) is 1. The zero-order valence-electron chi connectivity index (χ0n) is 21.0. The van der Waals surface area contributed by atoms with Crippen LogP contribution in [0.25, 0.3) is 6.08 Å². The molecule has 0 radical (unpaired) electrons. The van der Waals surface area contributed by atoms with Gasteiger partial charge in [0.15, 0.2) is 0 Å². The quantitative estimate of drug-likeness (QED) is 0.108. The molecular weight excluding hydrogens is 468 g/mol. The number of rotatable bonds is 13. The predicted octanol–water partition coefficient (Wildman–Crippen LogP) is 3.81. The van der Waals surface area contributed by atoms with Gasteiger partial charge in [-0.25, -0.2) is 4.79 Å². The van der Waals surface area contributed by atoms with Crippen LogP contribution in [0.4, 0.5) is 0 Å². The maximum atomic E-state index is 13.1. The van der Waals surface area contributed by atoms with Gasteiger partial charge in [-0.1, -0.05) is 30.4 Å². The van der Waals surface area contributed by atoms with E-state index in [1.54, 1.807) is 84.7 Å². The molecule has 37 heavy (non-hydrogen) atoms. The molecule has 0 aliphatic heterocycles. The van der Waals surface area contributed by atoms with Crippen molar-refractivity contribution in [2.45, 2.75) is 6.92 Å². The normalized spacial score (nSPS) is 10.7. The standard InChI is InChI=1S/C29H32N4O4/c1-5-16-32(17-6-2)26(34)20-33(18-7-3)28(35)21(4)19-22-8-10-24(11-9-22)29(36)37-25-14-12-23(13-15-25)27(30)31/h5-15,19H,1-3,16-18,20H2,4H3,(H3,30,31). The molecule has 0 spiro atoms. The molecule has 2 rings (SSSR count). The SMILES string of the molecule is C=CCN(CC=C)C(=O)CN(CC=C)C(=O)C(C)=Cc1ccc(C(=O)Oc2ccc(C(=N)N)cc2)cc1. The van der Waals surface area contributed by atoms with E-state index in [2.05, 4.69) is 19.7 Å². The van der Waals surface area contributed by atoms with E-state index < -0.39 is 5.97 Å². The van der Waals surface area contributed by atoms with Crippen molar-refractivity contribution in [2.24, 2.45) is 5.73 Å². The van der Waals surface area contributed by atoms with Crippen LogP contribution in [0, 0.1) is 5.41 Å². The predicted molar refractivity (Wildman–Crippen MR) is 146 cm³/mol. The van der Waals surface area contributed by atoms with Crippen LogP contribution in [0.1, 0.15) is 28.4 Å². The Bertz CT molecular complexity index is 1190. The van der Waals surface area contributed by atoms with E-state index in [4.69, 9.17) is 15.9 Å². The first-order chi connectivity index (χ1) is 17.7. The molecule has 2 amide bonds. The van der Waals surface area contributed by atoms with Crippen LogP contribution in [-0.2, 0) is 9.59 Å². The molecule has 8 heteroatoms. The number of amidine groups is 1. The van der Waals surface area contributed by atoms with E-state index in [9.17, 15) is 14.4 Å². The van der Waals surface area contributed by atoms with E-state index in [1.807, 2.05) is 0 Å². The van der Waals surface area contributed by atoms with E-state index in [1.165, 1.54) is 4.90 Å². The van der Waals surface area contributed by atoms with Gasteiger partial charge in [-0.2, -0.15) is 0 Å². The van der Waals surface area contributed by atoms with Gasteiger partial charge in [0, 0.05) is 30.8 Å². The molecule has 0 unspecified atom stereocenters. The molecule has 0 aliphatic carbocycles. The summed E-state index contributed by atoms with van der Waals surface area (Å²) in [4.78, 5) is 41.2. The summed E-state index contributed by atoms with van der Waals surface area (Å²) < 4.78 is 5.36. The van der Waals surface area contributed by atoms with Gasteiger partial charge in [-0.15, -0.1) is 19.7 Å². The average Bonchev–Trinajstić information content (AvgIpc) is 2.88. The molecule has 192 valence electrons. The Morgan fingerprint density at radius 1 is 0.865 bits per heavy atom. The van der Waals surface area contributed by atoms with Crippen molar-refractivity contribution >= 4 is 29.7 Å². The van der Waals surface area contributed by atoms with Crippen LogP contribution in [0.2, 0.25) is 0 Å². The molecule has 8 nitrogen and oxygen atoms in total. The summed E-state index contributed by atoms with van der Waals surface area (Å²) in [6.45, 7) is 13.5. The van der Waals surface area contributed by atoms with Crippen molar-refractivity contribution in [3.63, 3.8) is 0 Å². The van der Waals surface area contributed by atoms with Crippen molar-refractivity contribution in [2.75, 3.05) is 26.2 Å². The monoisotopic (exact) mass is 500 g/mol. The number of nitrogen functional groups attached to an aromatic ring is 1. The van der Waals surface area contributed by atoms with Gasteiger partial charge in [-0.3, -0.25) is 15.0 Å². The second-order valence-electron chi connectivity index (χ2n) is 8.13. The lowest BCUT2D eigenvalue weighted by Gasteiger charge is -2.26. The highest BCUT2D eigenvalue weighted by molar-refractivity contribution is 5.99. The van der Waals surface area contributed by atoms with E-state index in [0.717, 1.165) is 0 Å². The van der Waals surface area contributed by atoms with Crippen LogP contribution in [0.5, 0.6) is 5.75 Å². The summed E-state index contributed by atoms with van der Waals surface area (Å²) in [5, 5.41) is 7.41. The van der Waals surface area contributed by atoms with Gasteiger partial charge in [0.05, 0.1) is 5.56 Å². The molecule has 3 N–H and O–H groups in total. The van der Waals surface area contributed by atoms with Gasteiger partial charge >= 0.3 is 5.97 Å². The Morgan fingerprint density at radius 2 is 1.38 bits per heavy atom. The largest absolute Gasteiger partial charge is 0.423 e. The molecule has 0 aromatic heterocycles. The lowest BCUT2D eigenvalue weighted by Crippen LogP contribution is -2.43. The zero-order valence-corrected chi connectivity index (χ0v) is 21.0. The van der Waals surface area contributed by atoms with Crippen LogP contribution in [0.3, 0.4) is 0 Å². The first-order valence-corrected chi connectivity index (χ1v) is 11.5. The second-order valence-corrected chi connectivity index (χ2v) is 8.13. The summed E-state index contributed by atoms with van der Waals surface area (Å²) in [5.41, 5.74) is 7.43. The molecule has 0 bridgehead atoms. The Morgan fingerprint density at radius 3 is 1.89 bits per heavy atom. The van der Waals surface area contributed by atoms with Crippen molar-refractivity contribution < 1.29 is 19.1 Å². The average molecular weight is 501 g/mol. The third kappa shape index (κ3) is 8.47. The van der Waals surface area contributed by atoms with Gasteiger partial charge in [0.2, 0.25) is 11.8 Å². The first kappa shape index (κ1) is 28.5. The highest BCUT2D eigenvalue weighted by Crippen LogP contribution is 2.16. The van der Waals surface area contributed by atoms with Crippen molar-refractivity contribution in [3.05, 3.63) is 109 Å². The topological polar surface area (TPSA) is 117 Å². The van der Waals surface area contributed by atoms with E-state index in [-0.39, 0.29) is 30.7 Å². The number of hydrogen-bond donors (Lipinski definition) is 2. The fourth-order valence-electron chi connectivity index (χ4n) is 3.37. The summed E-state index contributed by atoms with van der Waals surface area (Å²) in [5.74, 6) is -0.809. The molecule has 0 saturated carbocycles. The maximum absolute atomic E-state index is 13.1. The molecule has 0 heterocycles. The smallest absolute Gasteiger partial charge is 0.343 e. The van der Waals surface area contributed by atoms with Gasteiger partial charge in [0.1, 0.15) is 18.1 Å². The van der Waals surface area contributed by atoms with Crippen LogP contribution < -0.4 is 10.5 Å². The van der Waals surface area contributed by atoms with Gasteiger partial charge in [-0.05, 0) is 55.0 Å². The lowest BCUT2D eigenvalue weighted by molar-refractivity contribution is -0.137. The molecule has 0 saturated heterocycles. The highest BCUT2D eigenvalue weighted by Gasteiger charge is 2.20. The molecule has 0 aliphatic rings. The summed E-state index contributed by atoms with van der Waals surface area (Å²) >= 11 is 0. The second kappa shape index (κ2) is 14.0. The maximum Gasteiger partial charge on any atom is 0.343 e.